The molecule has 0 amide bonds. The predicted octanol–water partition coefficient (Wildman–Crippen LogP) is 2.02. The van der Waals surface area contributed by atoms with Crippen molar-refractivity contribution in [3.05, 3.63) is 42.0 Å². The molecular weight excluding hydrogens is 164 g/mol. The Bertz CT molecular complexity index is 338. The van der Waals surface area contributed by atoms with E-state index >= 15 is 0 Å². The first-order chi connectivity index (χ1) is 6.36. The summed E-state index contributed by atoms with van der Waals surface area (Å²) >= 11 is 0. The van der Waals surface area contributed by atoms with E-state index in [1.165, 1.54) is 0 Å². The van der Waals surface area contributed by atoms with Gasteiger partial charge in [-0.3, -0.25) is 4.79 Å². The highest BCUT2D eigenvalue weighted by molar-refractivity contribution is 5.96. The lowest BCUT2D eigenvalue weighted by atomic mass is 10.1. The summed E-state index contributed by atoms with van der Waals surface area (Å²) in [4.78, 5) is 11.1. The van der Waals surface area contributed by atoms with Crippen LogP contribution in [0.25, 0.3) is 5.76 Å². The van der Waals surface area contributed by atoms with Gasteiger partial charge in [0, 0.05) is 18.1 Å². The molecule has 0 saturated heterocycles. The summed E-state index contributed by atoms with van der Waals surface area (Å²) in [6.07, 6.45) is 2.06. The molecule has 0 unspecified atom stereocenters. The second-order valence-electron chi connectivity index (χ2n) is 2.94. The van der Waals surface area contributed by atoms with Crippen molar-refractivity contribution in [3.63, 3.8) is 0 Å². The van der Waals surface area contributed by atoms with Crippen molar-refractivity contribution in [1.82, 2.24) is 0 Å². The minimum Gasteiger partial charge on any atom is -0.492 e. The molecule has 0 radical (unpaired) electrons. The summed E-state index contributed by atoms with van der Waals surface area (Å²) in [6.45, 7) is 0.500. The first kappa shape index (κ1) is 8.05. The molecule has 2 rings (SSSR count). The highest BCUT2D eigenvalue weighted by atomic mass is 16.5. The average molecular weight is 174 g/mol. The minimum absolute atomic E-state index is 0.144. The number of carbonyl (C=O) groups excluding carboxylic acids is 1. The monoisotopic (exact) mass is 174 g/mol. The van der Waals surface area contributed by atoms with Gasteiger partial charge in [-0.15, -0.1) is 0 Å². The smallest absolute Gasteiger partial charge is 0.162 e. The largest absolute Gasteiger partial charge is 0.492 e. The van der Waals surface area contributed by atoms with E-state index in [1.54, 1.807) is 6.08 Å². The molecule has 0 fully saturated rings. The van der Waals surface area contributed by atoms with E-state index < -0.39 is 0 Å². The van der Waals surface area contributed by atoms with Crippen molar-refractivity contribution < 1.29 is 9.53 Å². The maximum absolute atomic E-state index is 11.1. The van der Waals surface area contributed by atoms with Crippen LogP contribution >= 0.6 is 0 Å². The van der Waals surface area contributed by atoms with Gasteiger partial charge in [0.2, 0.25) is 0 Å². The molecule has 2 nitrogen and oxygen atoms in total. The van der Waals surface area contributed by atoms with E-state index in [0.29, 0.717) is 18.8 Å². The zero-order valence-electron chi connectivity index (χ0n) is 7.19. The number of benzene rings is 1. The van der Waals surface area contributed by atoms with Crippen LogP contribution in [0.5, 0.6) is 0 Å². The molecule has 0 N–H and O–H groups in total. The maximum Gasteiger partial charge on any atom is 0.162 e. The van der Waals surface area contributed by atoms with Gasteiger partial charge in [-0.2, -0.15) is 0 Å². The third kappa shape index (κ3) is 1.78. The number of hydrogen-bond acceptors (Lipinski definition) is 2. The molecule has 0 bridgehead atoms. The Hall–Kier alpha value is -1.57. The van der Waals surface area contributed by atoms with Crippen molar-refractivity contribution in [2.75, 3.05) is 6.61 Å². The Kier molecular flexibility index (Phi) is 2.13. The Morgan fingerprint density at radius 1 is 1.15 bits per heavy atom. The summed E-state index contributed by atoms with van der Waals surface area (Å²) in [5, 5.41) is 0. The first-order valence-corrected chi connectivity index (χ1v) is 4.29. The highest BCUT2D eigenvalue weighted by Gasteiger charge is 2.11. The molecule has 13 heavy (non-hydrogen) atoms. The quantitative estimate of drug-likeness (QED) is 0.651. The molecule has 1 aromatic carbocycles. The fourth-order valence-electron chi connectivity index (χ4n) is 1.29. The number of ketones is 1. The average Bonchev–Trinajstić information content (AvgIpc) is 2.19. The van der Waals surface area contributed by atoms with Crippen LogP contribution in [-0.4, -0.2) is 12.4 Å². The van der Waals surface area contributed by atoms with E-state index in [-0.39, 0.29) is 5.78 Å². The van der Waals surface area contributed by atoms with Crippen LogP contribution in [0.4, 0.5) is 0 Å². The van der Waals surface area contributed by atoms with E-state index in [0.717, 1.165) is 5.56 Å². The molecule has 1 aromatic rings. The molecular formula is C11H10O2. The number of allylic oxidation sites excluding steroid dienone is 1. The van der Waals surface area contributed by atoms with E-state index in [4.69, 9.17) is 4.74 Å². The Morgan fingerprint density at radius 2 is 1.92 bits per heavy atom. The van der Waals surface area contributed by atoms with Crippen molar-refractivity contribution in [2.24, 2.45) is 0 Å². The number of hydrogen-bond donors (Lipinski definition) is 0. The molecule has 0 spiro atoms. The van der Waals surface area contributed by atoms with Crippen LogP contribution in [0.15, 0.2) is 36.4 Å². The zero-order valence-corrected chi connectivity index (χ0v) is 7.19. The first-order valence-electron chi connectivity index (χ1n) is 4.29. The topological polar surface area (TPSA) is 26.3 Å². The Labute approximate surface area is 76.8 Å². The van der Waals surface area contributed by atoms with Crippen LogP contribution < -0.4 is 0 Å². The van der Waals surface area contributed by atoms with Gasteiger partial charge >= 0.3 is 0 Å². The number of carbonyl (C=O) groups is 1. The zero-order chi connectivity index (χ0) is 9.10. The number of ether oxygens (including phenoxy) is 1. The lowest BCUT2D eigenvalue weighted by Crippen LogP contribution is -2.08. The maximum atomic E-state index is 11.1. The third-order valence-electron chi connectivity index (χ3n) is 1.96. The van der Waals surface area contributed by atoms with Gasteiger partial charge in [0.15, 0.2) is 5.78 Å². The molecule has 1 heterocycles. The van der Waals surface area contributed by atoms with Crippen molar-refractivity contribution >= 4 is 11.5 Å². The standard InChI is InChI=1S/C11H10O2/c12-10-6-7-13-11(8-10)9-4-2-1-3-5-9/h1-5,8H,6-7H2. The summed E-state index contributed by atoms with van der Waals surface area (Å²) in [5.41, 5.74) is 0.968. The highest BCUT2D eigenvalue weighted by Crippen LogP contribution is 2.19. The van der Waals surface area contributed by atoms with E-state index in [2.05, 4.69) is 0 Å². The summed E-state index contributed by atoms with van der Waals surface area (Å²) in [7, 11) is 0. The van der Waals surface area contributed by atoms with Gasteiger partial charge in [-0.25, -0.2) is 0 Å². The van der Waals surface area contributed by atoms with Gasteiger partial charge in [0.25, 0.3) is 0 Å². The van der Waals surface area contributed by atoms with Crippen molar-refractivity contribution in [1.29, 1.82) is 0 Å². The minimum atomic E-state index is 0.144. The summed E-state index contributed by atoms with van der Waals surface area (Å²) in [5.74, 6) is 0.835. The fourth-order valence-corrected chi connectivity index (χ4v) is 1.29. The SMILES string of the molecule is O=C1C=C(c2ccccc2)OCC1. The molecule has 1 aliphatic heterocycles. The molecule has 0 aliphatic carbocycles. The van der Waals surface area contributed by atoms with Crippen LogP contribution in [0.1, 0.15) is 12.0 Å². The van der Waals surface area contributed by atoms with Crippen LogP contribution in [0.3, 0.4) is 0 Å². The third-order valence-corrected chi connectivity index (χ3v) is 1.96. The van der Waals surface area contributed by atoms with Gasteiger partial charge in [-0.1, -0.05) is 30.3 Å². The molecule has 0 atom stereocenters. The lowest BCUT2D eigenvalue weighted by molar-refractivity contribution is -0.115. The van der Waals surface area contributed by atoms with E-state index in [9.17, 15) is 4.79 Å². The lowest BCUT2D eigenvalue weighted by Gasteiger charge is -2.13. The van der Waals surface area contributed by atoms with Crippen molar-refractivity contribution in [3.8, 4) is 0 Å². The Morgan fingerprint density at radius 3 is 2.62 bits per heavy atom. The van der Waals surface area contributed by atoms with Gasteiger partial charge in [0.05, 0.1) is 6.61 Å². The Balaban J connectivity index is 2.31. The van der Waals surface area contributed by atoms with Gasteiger partial charge < -0.3 is 4.74 Å². The van der Waals surface area contributed by atoms with Crippen molar-refractivity contribution in [2.45, 2.75) is 6.42 Å². The summed E-state index contributed by atoms with van der Waals surface area (Å²) < 4.78 is 5.37. The molecule has 66 valence electrons. The fraction of sp³-hybridized carbons (Fsp3) is 0.182. The van der Waals surface area contributed by atoms with Crippen LogP contribution in [0.2, 0.25) is 0 Å². The predicted molar refractivity (Wildman–Crippen MR) is 50.0 cm³/mol. The van der Waals surface area contributed by atoms with Gasteiger partial charge in [0.1, 0.15) is 5.76 Å². The number of rotatable bonds is 1. The van der Waals surface area contributed by atoms with E-state index in [1.807, 2.05) is 30.3 Å². The molecule has 2 heteroatoms. The molecule has 1 aliphatic rings. The molecule has 0 saturated carbocycles. The van der Waals surface area contributed by atoms with Crippen LogP contribution in [-0.2, 0) is 9.53 Å². The molecule has 0 aromatic heterocycles. The normalized spacial score (nSPS) is 16.3. The second kappa shape index (κ2) is 3.44. The summed E-state index contributed by atoms with van der Waals surface area (Å²) in [6, 6.07) is 9.67. The van der Waals surface area contributed by atoms with Crippen LogP contribution in [0, 0.1) is 0 Å². The second-order valence-corrected chi connectivity index (χ2v) is 2.94. The van der Waals surface area contributed by atoms with Gasteiger partial charge in [-0.05, 0) is 0 Å².